The molecule has 0 bridgehead atoms. The molecule has 1 atom stereocenters. The van der Waals surface area contributed by atoms with Gasteiger partial charge in [-0.05, 0) is 66.2 Å². The number of hydrogen-bond donors (Lipinski definition) is 1. The van der Waals surface area contributed by atoms with Gasteiger partial charge in [-0.3, -0.25) is 0 Å². The third-order valence-electron chi connectivity index (χ3n) is 2.37. The molecule has 84 valence electrons. The molecule has 0 spiro atoms. The average Bonchev–Trinajstić information content (AvgIpc) is 2.23. The Hall–Kier alpha value is 0. The summed E-state index contributed by atoms with van der Waals surface area (Å²) in [5, 5.41) is 3.34. The summed E-state index contributed by atoms with van der Waals surface area (Å²) in [5.41, 5.74) is 0. The lowest BCUT2D eigenvalue weighted by molar-refractivity contribution is 0.167. The number of ether oxygens (including phenoxy) is 1. The molecule has 1 N–H and O–H groups in total. The van der Waals surface area contributed by atoms with Crippen LogP contribution in [0, 0.1) is 3.57 Å². The highest BCUT2D eigenvalue weighted by Gasteiger charge is 2.13. The van der Waals surface area contributed by atoms with Gasteiger partial charge in [0, 0.05) is 10.1 Å². The van der Waals surface area contributed by atoms with Crippen LogP contribution in [0.15, 0.2) is 24.3 Å². The molecular formula is C11H15ClINO. The number of halogens is 2. The van der Waals surface area contributed by atoms with E-state index in [4.69, 9.17) is 4.74 Å². The van der Waals surface area contributed by atoms with E-state index in [-0.39, 0.29) is 12.4 Å². The van der Waals surface area contributed by atoms with Crippen LogP contribution < -0.4 is 10.1 Å². The third kappa shape index (κ3) is 4.17. The average molecular weight is 340 g/mol. The van der Waals surface area contributed by atoms with E-state index in [0.717, 1.165) is 18.8 Å². The van der Waals surface area contributed by atoms with E-state index < -0.39 is 0 Å². The summed E-state index contributed by atoms with van der Waals surface area (Å²) < 4.78 is 7.09. The molecule has 1 aliphatic rings. The Morgan fingerprint density at radius 1 is 1.27 bits per heavy atom. The fourth-order valence-electron chi connectivity index (χ4n) is 1.63. The predicted octanol–water partition coefficient (Wildman–Crippen LogP) is 2.84. The molecular weight excluding hydrogens is 324 g/mol. The highest BCUT2D eigenvalue weighted by Crippen LogP contribution is 2.17. The van der Waals surface area contributed by atoms with Gasteiger partial charge in [-0.15, -0.1) is 12.4 Å². The van der Waals surface area contributed by atoms with E-state index in [0.29, 0.717) is 6.10 Å². The molecule has 2 nitrogen and oxygen atoms in total. The first-order valence-electron chi connectivity index (χ1n) is 4.97. The Kier molecular flexibility index (Phi) is 5.71. The van der Waals surface area contributed by atoms with Crippen molar-refractivity contribution in [2.75, 3.05) is 13.1 Å². The lowest BCUT2D eigenvalue weighted by atomic mass is 10.1. The van der Waals surface area contributed by atoms with E-state index in [2.05, 4.69) is 40.0 Å². The predicted molar refractivity (Wildman–Crippen MR) is 72.9 cm³/mol. The highest BCUT2D eigenvalue weighted by atomic mass is 127. The van der Waals surface area contributed by atoms with Crippen LogP contribution in [0.25, 0.3) is 0 Å². The molecule has 1 heterocycles. The molecule has 1 fully saturated rings. The summed E-state index contributed by atoms with van der Waals surface area (Å²) in [4.78, 5) is 0. The van der Waals surface area contributed by atoms with Crippen molar-refractivity contribution in [2.24, 2.45) is 0 Å². The normalized spacial score (nSPS) is 20.5. The van der Waals surface area contributed by atoms with Crippen LogP contribution in [-0.4, -0.2) is 19.2 Å². The molecule has 4 heteroatoms. The van der Waals surface area contributed by atoms with E-state index in [1.165, 1.54) is 16.4 Å². The van der Waals surface area contributed by atoms with Crippen molar-refractivity contribution in [3.8, 4) is 5.75 Å². The van der Waals surface area contributed by atoms with Gasteiger partial charge in [-0.2, -0.15) is 0 Å². The molecule has 1 saturated heterocycles. The first-order chi connectivity index (χ1) is 6.84. The van der Waals surface area contributed by atoms with Crippen LogP contribution in [0.3, 0.4) is 0 Å². The minimum Gasteiger partial charge on any atom is -0.489 e. The second-order valence-corrected chi connectivity index (χ2v) is 4.79. The first kappa shape index (κ1) is 13.1. The molecule has 0 aromatic heterocycles. The molecule has 0 aliphatic carbocycles. The number of benzene rings is 1. The Labute approximate surface area is 110 Å². The minimum atomic E-state index is 0. The van der Waals surface area contributed by atoms with E-state index in [1.807, 2.05) is 12.1 Å². The summed E-state index contributed by atoms with van der Waals surface area (Å²) in [6.07, 6.45) is 2.73. The molecule has 1 unspecified atom stereocenters. The van der Waals surface area contributed by atoms with Crippen LogP contribution in [0.1, 0.15) is 12.8 Å². The number of rotatable bonds is 2. The first-order valence-corrected chi connectivity index (χ1v) is 6.05. The van der Waals surface area contributed by atoms with Gasteiger partial charge in [-0.25, -0.2) is 0 Å². The lowest BCUT2D eigenvalue weighted by Gasteiger charge is -2.23. The van der Waals surface area contributed by atoms with Crippen LogP contribution in [0.2, 0.25) is 0 Å². The molecule has 0 radical (unpaired) electrons. The summed E-state index contributed by atoms with van der Waals surface area (Å²) in [6.45, 7) is 2.11. The fourth-order valence-corrected chi connectivity index (χ4v) is 1.99. The van der Waals surface area contributed by atoms with Crippen molar-refractivity contribution >= 4 is 35.0 Å². The second kappa shape index (κ2) is 6.55. The van der Waals surface area contributed by atoms with Gasteiger partial charge in [0.2, 0.25) is 0 Å². The van der Waals surface area contributed by atoms with Gasteiger partial charge in [0.05, 0.1) is 0 Å². The Balaban J connectivity index is 0.00000112. The van der Waals surface area contributed by atoms with Crippen LogP contribution in [-0.2, 0) is 0 Å². The Morgan fingerprint density at radius 2 is 2.00 bits per heavy atom. The monoisotopic (exact) mass is 339 g/mol. The van der Waals surface area contributed by atoms with Crippen LogP contribution in [0.5, 0.6) is 5.75 Å². The summed E-state index contributed by atoms with van der Waals surface area (Å²) in [7, 11) is 0. The van der Waals surface area contributed by atoms with Crippen LogP contribution in [0.4, 0.5) is 0 Å². The van der Waals surface area contributed by atoms with E-state index in [1.54, 1.807) is 0 Å². The number of piperidine rings is 1. The number of nitrogens with one attached hydrogen (secondary N) is 1. The van der Waals surface area contributed by atoms with E-state index >= 15 is 0 Å². The topological polar surface area (TPSA) is 21.3 Å². The molecule has 1 aliphatic heterocycles. The lowest BCUT2D eigenvalue weighted by Crippen LogP contribution is -2.37. The molecule has 0 amide bonds. The zero-order chi connectivity index (χ0) is 9.80. The molecule has 15 heavy (non-hydrogen) atoms. The van der Waals surface area contributed by atoms with Gasteiger partial charge in [-0.1, -0.05) is 0 Å². The van der Waals surface area contributed by atoms with Gasteiger partial charge in [0.15, 0.2) is 0 Å². The standard InChI is InChI=1S/C11H14INO.ClH/c12-9-3-5-10(6-4-9)14-11-2-1-7-13-8-11;/h3-6,11,13H,1-2,7-8H2;1H. The van der Waals surface area contributed by atoms with Crippen molar-refractivity contribution < 1.29 is 4.74 Å². The molecule has 1 aromatic rings. The smallest absolute Gasteiger partial charge is 0.119 e. The van der Waals surface area contributed by atoms with Gasteiger partial charge < -0.3 is 10.1 Å². The highest BCUT2D eigenvalue weighted by molar-refractivity contribution is 14.1. The molecule has 0 saturated carbocycles. The van der Waals surface area contributed by atoms with E-state index in [9.17, 15) is 0 Å². The molecule has 2 rings (SSSR count). The Morgan fingerprint density at radius 3 is 2.60 bits per heavy atom. The zero-order valence-electron chi connectivity index (χ0n) is 8.41. The third-order valence-corrected chi connectivity index (χ3v) is 3.09. The van der Waals surface area contributed by atoms with Crippen LogP contribution >= 0.6 is 35.0 Å². The van der Waals surface area contributed by atoms with Crippen molar-refractivity contribution in [3.63, 3.8) is 0 Å². The SMILES string of the molecule is Cl.Ic1ccc(OC2CCCNC2)cc1. The zero-order valence-corrected chi connectivity index (χ0v) is 11.4. The summed E-state index contributed by atoms with van der Waals surface area (Å²) >= 11 is 2.30. The summed E-state index contributed by atoms with van der Waals surface area (Å²) in [5.74, 6) is 0.985. The largest absolute Gasteiger partial charge is 0.489 e. The van der Waals surface area contributed by atoms with Crippen molar-refractivity contribution in [3.05, 3.63) is 27.8 Å². The van der Waals surface area contributed by atoms with Crippen molar-refractivity contribution in [1.82, 2.24) is 5.32 Å². The maximum atomic E-state index is 5.84. The summed E-state index contributed by atoms with van der Waals surface area (Å²) in [6, 6.07) is 8.23. The minimum absolute atomic E-state index is 0. The number of hydrogen-bond acceptors (Lipinski definition) is 2. The van der Waals surface area contributed by atoms with Gasteiger partial charge in [0.1, 0.15) is 11.9 Å². The van der Waals surface area contributed by atoms with Gasteiger partial charge >= 0.3 is 0 Å². The Bertz CT molecular complexity index is 285. The van der Waals surface area contributed by atoms with Gasteiger partial charge in [0.25, 0.3) is 0 Å². The fraction of sp³-hybridized carbons (Fsp3) is 0.455. The second-order valence-electron chi connectivity index (χ2n) is 3.54. The maximum Gasteiger partial charge on any atom is 0.119 e. The molecule has 1 aromatic carbocycles. The van der Waals surface area contributed by atoms with Crippen molar-refractivity contribution in [1.29, 1.82) is 0 Å². The quantitative estimate of drug-likeness (QED) is 0.837. The van der Waals surface area contributed by atoms with Crippen molar-refractivity contribution in [2.45, 2.75) is 18.9 Å². The maximum absolute atomic E-state index is 5.84.